The zero-order valence-electron chi connectivity index (χ0n) is 12.9. The Kier molecular flexibility index (Phi) is 5.10. The largest absolute Gasteiger partial charge is 0.478 e. The van der Waals surface area contributed by atoms with E-state index >= 15 is 0 Å². The Morgan fingerprint density at radius 3 is 2.30 bits per heavy atom. The molecule has 0 atom stereocenters. The van der Waals surface area contributed by atoms with Gasteiger partial charge >= 0.3 is 5.97 Å². The average Bonchev–Trinajstić information content (AvgIpc) is 2.55. The number of nitrogens with two attached hydrogens (primary N) is 1. The van der Waals surface area contributed by atoms with Crippen molar-refractivity contribution < 1.29 is 9.90 Å². The number of nitrogens with zero attached hydrogens (tertiary/aromatic N) is 1. The first-order valence-corrected chi connectivity index (χ1v) is 7.08. The molecule has 0 aliphatic heterocycles. The first kappa shape index (κ1) is 16.2. The van der Waals surface area contributed by atoms with Crippen LogP contribution < -0.4 is 5.73 Å². The maximum Gasteiger partial charge on any atom is 0.335 e. The van der Waals surface area contributed by atoms with E-state index in [2.05, 4.69) is 11.6 Å². The van der Waals surface area contributed by atoms with Crippen molar-refractivity contribution in [2.75, 3.05) is 0 Å². The number of aryl methyl sites for hydroxylation is 1. The van der Waals surface area contributed by atoms with Crippen LogP contribution in [-0.2, 0) is 0 Å². The van der Waals surface area contributed by atoms with E-state index in [4.69, 9.17) is 10.8 Å². The van der Waals surface area contributed by atoms with Crippen molar-refractivity contribution in [2.45, 2.75) is 6.92 Å². The van der Waals surface area contributed by atoms with E-state index < -0.39 is 5.97 Å². The highest BCUT2D eigenvalue weighted by molar-refractivity contribution is 6.11. The van der Waals surface area contributed by atoms with Gasteiger partial charge in [-0.3, -0.25) is 0 Å². The van der Waals surface area contributed by atoms with Crippen molar-refractivity contribution in [3.8, 4) is 0 Å². The lowest BCUT2D eigenvalue weighted by molar-refractivity contribution is 0.0697. The topological polar surface area (TPSA) is 75.7 Å². The van der Waals surface area contributed by atoms with E-state index in [0.717, 1.165) is 16.7 Å². The highest BCUT2D eigenvalue weighted by Crippen LogP contribution is 2.19. The van der Waals surface area contributed by atoms with E-state index in [1.807, 2.05) is 31.2 Å². The lowest BCUT2D eigenvalue weighted by Crippen LogP contribution is -2.02. The predicted octanol–water partition coefficient (Wildman–Crippen LogP) is 3.63. The Morgan fingerprint density at radius 2 is 1.74 bits per heavy atom. The van der Waals surface area contributed by atoms with Crippen LogP contribution in [0.3, 0.4) is 0 Å². The summed E-state index contributed by atoms with van der Waals surface area (Å²) in [5.74, 6) is -0.964. The Balaban J connectivity index is 2.39. The van der Waals surface area contributed by atoms with Crippen LogP contribution in [0.25, 0.3) is 5.70 Å². The third kappa shape index (κ3) is 3.95. The summed E-state index contributed by atoms with van der Waals surface area (Å²) in [6.07, 6.45) is 3.06. The quantitative estimate of drug-likeness (QED) is 0.828. The minimum Gasteiger partial charge on any atom is -0.478 e. The summed E-state index contributed by atoms with van der Waals surface area (Å²) in [6, 6.07) is 14.3. The Morgan fingerprint density at radius 1 is 1.13 bits per heavy atom. The van der Waals surface area contributed by atoms with Gasteiger partial charge in [0.1, 0.15) is 0 Å². The summed E-state index contributed by atoms with van der Waals surface area (Å²) < 4.78 is 0. The van der Waals surface area contributed by atoms with Gasteiger partial charge in [-0.15, -0.1) is 0 Å². The van der Waals surface area contributed by atoms with Gasteiger partial charge in [0, 0.05) is 11.1 Å². The molecule has 116 valence electrons. The first-order chi connectivity index (χ1) is 11.0. The van der Waals surface area contributed by atoms with Crippen molar-refractivity contribution in [3.63, 3.8) is 0 Å². The minimum atomic E-state index is -0.964. The van der Waals surface area contributed by atoms with Gasteiger partial charge in [-0.1, -0.05) is 43.0 Å². The molecule has 2 aromatic carbocycles. The standard InChI is InChI=1S/C19H18N2O2/c1-13-5-3-4-6-17(13)14(2)21-18(11-12-20)15-7-9-16(10-8-15)19(22)23/h3-12H,2,20H2,1H3,(H,22,23)/b12-11-,21-18+. The number of benzene rings is 2. The van der Waals surface area contributed by atoms with Crippen LogP contribution in [0, 0.1) is 6.92 Å². The molecule has 23 heavy (non-hydrogen) atoms. The summed E-state index contributed by atoms with van der Waals surface area (Å²) in [5.41, 5.74) is 9.78. The highest BCUT2D eigenvalue weighted by Gasteiger charge is 2.07. The van der Waals surface area contributed by atoms with E-state index in [-0.39, 0.29) is 5.56 Å². The minimum absolute atomic E-state index is 0.225. The number of aliphatic imine (C=N–C) groups is 1. The number of aromatic carboxylic acids is 1. The lowest BCUT2D eigenvalue weighted by Gasteiger charge is -2.07. The summed E-state index contributed by atoms with van der Waals surface area (Å²) in [4.78, 5) is 15.5. The van der Waals surface area contributed by atoms with E-state index in [1.165, 1.54) is 18.3 Å². The molecule has 0 unspecified atom stereocenters. The molecule has 3 N–H and O–H groups in total. The second-order valence-corrected chi connectivity index (χ2v) is 5.00. The van der Waals surface area contributed by atoms with Crippen LogP contribution in [0.15, 0.2) is 72.4 Å². The maximum absolute atomic E-state index is 10.9. The number of hydrogen-bond donors (Lipinski definition) is 2. The molecule has 4 nitrogen and oxygen atoms in total. The van der Waals surface area contributed by atoms with Crippen molar-refractivity contribution in [1.29, 1.82) is 0 Å². The Bertz CT molecular complexity index is 787. The number of rotatable bonds is 5. The molecule has 0 spiro atoms. The van der Waals surface area contributed by atoms with Crippen molar-refractivity contribution in [1.82, 2.24) is 0 Å². The van der Waals surface area contributed by atoms with E-state index in [0.29, 0.717) is 11.4 Å². The summed E-state index contributed by atoms with van der Waals surface area (Å²) in [6.45, 7) is 6.02. The highest BCUT2D eigenvalue weighted by atomic mass is 16.4. The second-order valence-electron chi connectivity index (χ2n) is 5.00. The zero-order chi connectivity index (χ0) is 16.8. The number of carboxylic acids is 1. The third-order valence-corrected chi connectivity index (χ3v) is 3.39. The van der Waals surface area contributed by atoms with Gasteiger partial charge in [0.05, 0.1) is 17.0 Å². The lowest BCUT2D eigenvalue weighted by atomic mass is 10.0. The van der Waals surface area contributed by atoms with E-state index in [1.54, 1.807) is 18.2 Å². The van der Waals surface area contributed by atoms with Gasteiger partial charge < -0.3 is 10.8 Å². The van der Waals surface area contributed by atoms with Crippen LogP contribution in [-0.4, -0.2) is 16.8 Å². The van der Waals surface area contributed by atoms with Gasteiger partial charge in [-0.2, -0.15) is 0 Å². The molecule has 0 saturated heterocycles. The molecule has 0 heterocycles. The average molecular weight is 306 g/mol. The fourth-order valence-corrected chi connectivity index (χ4v) is 2.18. The Hall–Kier alpha value is -3.14. The first-order valence-electron chi connectivity index (χ1n) is 7.08. The molecule has 0 amide bonds. The molecule has 0 aliphatic rings. The Labute approximate surface area is 135 Å². The van der Waals surface area contributed by atoms with Crippen molar-refractivity contribution >= 4 is 17.4 Å². The number of hydrogen-bond acceptors (Lipinski definition) is 3. The maximum atomic E-state index is 10.9. The monoisotopic (exact) mass is 306 g/mol. The summed E-state index contributed by atoms with van der Waals surface area (Å²) in [5, 5.41) is 8.96. The molecule has 0 bridgehead atoms. The molecule has 2 rings (SSSR count). The molecular formula is C19H18N2O2. The molecule has 0 aromatic heterocycles. The summed E-state index contributed by atoms with van der Waals surface area (Å²) >= 11 is 0. The van der Waals surface area contributed by atoms with Gasteiger partial charge in [0.15, 0.2) is 0 Å². The van der Waals surface area contributed by atoms with Crippen LogP contribution in [0.5, 0.6) is 0 Å². The molecule has 0 radical (unpaired) electrons. The van der Waals surface area contributed by atoms with Crippen LogP contribution >= 0.6 is 0 Å². The second kappa shape index (κ2) is 7.22. The smallest absolute Gasteiger partial charge is 0.335 e. The number of carboxylic acid groups (broad SMARTS) is 1. The van der Waals surface area contributed by atoms with Crippen LogP contribution in [0.4, 0.5) is 0 Å². The molecule has 0 saturated carbocycles. The summed E-state index contributed by atoms with van der Waals surface area (Å²) in [7, 11) is 0. The van der Waals surface area contributed by atoms with Crippen LogP contribution in [0.1, 0.15) is 27.0 Å². The normalized spacial score (nSPS) is 11.6. The molecule has 2 aromatic rings. The molecular weight excluding hydrogens is 288 g/mol. The fourth-order valence-electron chi connectivity index (χ4n) is 2.18. The predicted molar refractivity (Wildman–Crippen MR) is 93.5 cm³/mol. The molecule has 4 heteroatoms. The third-order valence-electron chi connectivity index (χ3n) is 3.39. The van der Waals surface area contributed by atoms with Gasteiger partial charge in [0.25, 0.3) is 0 Å². The molecule has 0 fully saturated rings. The van der Waals surface area contributed by atoms with Gasteiger partial charge in [-0.05, 0) is 36.9 Å². The zero-order valence-corrected chi connectivity index (χ0v) is 12.9. The van der Waals surface area contributed by atoms with Crippen LogP contribution in [0.2, 0.25) is 0 Å². The number of carbonyl (C=O) groups is 1. The van der Waals surface area contributed by atoms with Gasteiger partial charge in [-0.25, -0.2) is 9.79 Å². The number of allylic oxidation sites excluding steroid dienone is 1. The van der Waals surface area contributed by atoms with E-state index in [9.17, 15) is 4.79 Å². The van der Waals surface area contributed by atoms with Gasteiger partial charge in [0.2, 0.25) is 0 Å². The molecule has 0 aliphatic carbocycles. The van der Waals surface area contributed by atoms with Crippen molar-refractivity contribution in [2.24, 2.45) is 10.7 Å². The SMILES string of the molecule is C=C(/N=C(\C=C/N)c1ccc(C(=O)O)cc1)c1ccccc1C. The van der Waals surface area contributed by atoms with Crippen molar-refractivity contribution in [3.05, 3.63) is 89.6 Å². The fraction of sp³-hybridized carbons (Fsp3) is 0.0526.